The van der Waals surface area contributed by atoms with Crippen LogP contribution in [0.25, 0.3) is 0 Å². The number of aliphatic hydroxyl groups excluding tert-OH is 1. The van der Waals surface area contributed by atoms with Crippen LogP contribution in [-0.2, 0) is 4.79 Å². The molecule has 0 heterocycles. The fourth-order valence-corrected chi connectivity index (χ4v) is 1.66. The van der Waals surface area contributed by atoms with Crippen LogP contribution in [-0.4, -0.2) is 23.2 Å². The number of hydrogen-bond acceptors (Lipinski definition) is 2. The molecule has 3 nitrogen and oxygen atoms in total. The Balaban J connectivity index is 2.35. The van der Waals surface area contributed by atoms with Crippen molar-refractivity contribution in [2.45, 2.75) is 45.3 Å². The van der Waals surface area contributed by atoms with Crippen LogP contribution in [0.15, 0.2) is 0 Å². The Kier molecular flexibility index (Phi) is 3.09. The van der Waals surface area contributed by atoms with Gasteiger partial charge in [0.15, 0.2) is 0 Å². The molecule has 3 unspecified atom stereocenters. The summed E-state index contributed by atoms with van der Waals surface area (Å²) in [5.41, 5.74) is 0. The van der Waals surface area contributed by atoms with Gasteiger partial charge in [-0.05, 0) is 25.7 Å². The van der Waals surface area contributed by atoms with Crippen LogP contribution in [0.5, 0.6) is 0 Å². The normalized spacial score (nSPS) is 31.6. The molecule has 0 spiro atoms. The highest BCUT2D eigenvalue weighted by molar-refractivity contribution is 5.80. The molecular weight excluding hydrogens is 154 g/mol. The Morgan fingerprint density at radius 3 is 2.67 bits per heavy atom. The minimum atomic E-state index is -0.877. The molecule has 2 N–H and O–H groups in total. The first kappa shape index (κ1) is 9.52. The van der Waals surface area contributed by atoms with E-state index in [4.69, 9.17) is 5.11 Å². The summed E-state index contributed by atoms with van der Waals surface area (Å²) in [6.45, 7) is 3.63. The third kappa shape index (κ3) is 2.21. The van der Waals surface area contributed by atoms with Gasteiger partial charge in [-0.2, -0.15) is 0 Å². The topological polar surface area (TPSA) is 49.3 Å². The molecule has 3 heteroatoms. The Labute approximate surface area is 73.2 Å². The van der Waals surface area contributed by atoms with Crippen LogP contribution in [0.3, 0.4) is 0 Å². The molecule has 0 aromatic rings. The lowest BCUT2D eigenvalue weighted by atomic mass is 10.1. The van der Waals surface area contributed by atoms with E-state index in [2.05, 4.69) is 12.2 Å². The van der Waals surface area contributed by atoms with Gasteiger partial charge in [-0.25, -0.2) is 0 Å². The van der Waals surface area contributed by atoms with E-state index >= 15 is 0 Å². The van der Waals surface area contributed by atoms with Gasteiger partial charge in [0, 0.05) is 6.04 Å². The highest BCUT2D eigenvalue weighted by atomic mass is 16.3. The second-order valence-electron chi connectivity index (χ2n) is 3.70. The Morgan fingerprint density at radius 2 is 2.25 bits per heavy atom. The fraction of sp³-hybridized carbons (Fsp3) is 0.889. The van der Waals surface area contributed by atoms with Gasteiger partial charge < -0.3 is 10.4 Å². The molecule has 0 bridgehead atoms. The molecule has 70 valence electrons. The molecule has 1 aliphatic rings. The van der Waals surface area contributed by atoms with Crippen molar-refractivity contribution < 1.29 is 9.90 Å². The number of rotatable bonds is 2. The SMILES string of the molecule is CC(O)C(=O)NC1CCCC1C. The summed E-state index contributed by atoms with van der Waals surface area (Å²) < 4.78 is 0. The van der Waals surface area contributed by atoms with Gasteiger partial charge in [0.1, 0.15) is 6.10 Å². The zero-order valence-electron chi connectivity index (χ0n) is 7.71. The molecule has 1 saturated carbocycles. The summed E-state index contributed by atoms with van der Waals surface area (Å²) >= 11 is 0. The highest BCUT2D eigenvalue weighted by Gasteiger charge is 2.25. The molecule has 3 atom stereocenters. The second kappa shape index (κ2) is 3.90. The second-order valence-corrected chi connectivity index (χ2v) is 3.70. The molecular formula is C9H17NO2. The average Bonchev–Trinajstić information content (AvgIpc) is 2.36. The maximum absolute atomic E-state index is 11.1. The molecule has 0 saturated heterocycles. The first-order chi connectivity index (χ1) is 5.61. The van der Waals surface area contributed by atoms with Crippen LogP contribution in [0.1, 0.15) is 33.1 Å². The maximum atomic E-state index is 11.1. The van der Waals surface area contributed by atoms with Crippen LogP contribution >= 0.6 is 0 Å². The minimum Gasteiger partial charge on any atom is -0.384 e. The Hall–Kier alpha value is -0.570. The largest absolute Gasteiger partial charge is 0.384 e. The summed E-state index contributed by atoms with van der Waals surface area (Å²) in [6.07, 6.45) is 2.55. The van der Waals surface area contributed by atoms with Gasteiger partial charge in [-0.3, -0.25) is 4.79 Å². The third-order valence-corrected chi connectivity index (χ3v) is 2.57. The summed E-state index contributed by atoms with van der Waals surface area (Å²) in [6, 6.07) is 0.284. The fourth-order valence-electron chi connectivity index (χ4n) is 1.66. The van der Waals surface area contributed by atoms with E-state index in [0.717, 1.165) is 6.42 Å². The zero-order valence-corrected chi connectivity index (χ0v) is 7.71. The van der Waals surface area contributed by atoms with Crippen LogP contribution < -0.4 is 5.32 Å². The van der Waals surface area contributed by atoms with E-state index in [9.17, 15) is 4.79 Å². The van der Waals surface area contributed by atoms with Crippen molar-refractivity contribution in [3.05, 3.63) is 0 Å². The van der Waals surface area contributed by atoms with Crippen LogP contribution in [0.4, 0.5) is 0 Å². The molecule has 1 amide bonds. The molecule has 1 fully saturated rings. The molecule has 0 aromatic carbocycles. The first-order valence-electron chi connectivity index (χ1n) is 4.59. The number of hydrogen-bond donors (Lipinski definition) is 2. The van der Waals surface area contributed by atoms with Crippen LogP contribution in [0, 0.1) is 5.92 Å². The maximum Gasteiger partial charge on any atom is 0.248 e. The van der Waals surface area contributed by atoms with Gasteiger partial charge in [0.2, 0.25) is 5.91 Å². The summed E-state index contributed by atoms with van der Waals surface area (Å²) in [5.74, 6) is 0.321. The predicted octanol–water partition coefficient (Wildman–Crippen LogP) is 0.672. The molecule has 0 radical (unpaired) electrons. The van der Waals surface area contributed by atoms with E-state index in [-0.39, 0.29) is 11.9 Å². The van der Waals surface area contributed by atoms with Gasteiger partial charge in [-0.1, -0.05) is 13.3 Å². The van der Waals surface area contributed by atoms with Crippen molar-refractivity contribution in [3.63, 3.8) is 0 Å². The van der Waals surface area contributed by atoms with E-state index in [0.29, 0.717) is 5.92 Å². The summed E-state index contributed by atoms with van der Waals surface area (Å²) in [7, 11) is 0. The van der Waals surface area contributed by atoms with E-state index < -0.39 is 6.10 Å². The summed E-state index contributed by atoms with van der Waals surface area (Å²) in [5, 5.41) is 11.8. The lowest BCUT2D eigenvalue weighted by Crippen LogP contribution is -2.41. The number of nitrogens with one attached hydrogen (secondary N) is 1. The Morgan fingerprint density at radius 1 is 1.58 bits per heavy atom. The summed E-state index contributed by atoms with van der Waals surface area (Å²) in [4.78, 5) is 11.1. The molecule has 0 aliphatic heterocycles. The van der Waals surface area contributed by atoms with E-state index in [1.807, 2.05) is 0 Å². The zero-order chi connectivity index (χ0) is 9.14. The third-order valence-electron chi connectivity index (χ3n) is 2.57. The molecule has 0 aromatic heterocycles. The van der Waals surface area contributed by atoms with Gasteiger partial charge >= 0.3 is 0 Å². The van der Waals surface area contributed by atoms with Crippen molar-refractivity contribution in [1.29, 1.82) is 0 Å². The van der Waals surface area contributed by atoms with Gasteiger partial charge in [0.05, 0.1) is 0 Å². The molecule has 1 aliphatic carbocycles. The monoisotopic (exact) mass is 171 g/mol. The van der Waals surface area contributed by atoms with Crippen molar-refractivity contribution in [2.24, 2.45) is 5.92 Å². The minimum absolute atomic E-state index is 0.242. The average molecular weight is 171 g/mol. The predicted molar refractivity (Wildman–Crippen MR) is 46.6 cm³/mol. The van der Waals surface area contributed by atoms with Crippen LogP contribution in [0.2, 0.25) is 0 Å². The number of carbonyl (C=O) groups excluding carboxylic acids is 1. The molecule has 12 heavy (non-hydrogen) atoms. The molecule has 1 rings (SSSR count). The highest BCUT2D eigenvalue weighted by Crippen LogP contribution is 2.24. The lowest BCUT2D eigenvalue weighted by molar-refractivity contribution is -0.129. The van der Waals surface area contributed by atoms with Gasteiger partial charge in [0.25, 0.3) is 0 Å². The van der Waals surface area contributed by atoms with Crippen molar-refractivity contribution >= 4 is 5.91 Å². The Bertz CT molecular complexity index is 168. The van der Waals surface area contributed by atoms with Crippen molar-refractivity contribution in [3.8, 4) is 0 Å². The number of amides is 1. The van der Waals surface area contributed by atoms with Crippen molar-refractivity contribution in [1.82, 2.24) is 5.32 Å². The van der Waals surface area contributed by atoms with E-state index in [1.54, 1.807) is 0 Å². The quantitative estimate of drug-likeness (QED) is 0.641. The van der Waals surface area contributed by atoms with Crippen molar-refractivity contribution in [2.75, 3.05) is 0 Å². The lowest BCUT2D eigenvalue weighted by Gasteiger charge is -2.17. The number of carbonyl (C=O) groups is 1. The van der Waals surface area contributed by atoms with Gasteiger partial charge in [-0.15, -0.1) is 0 Å². The smallest absolute Gasteiger partial charge is 0.248 e. The standard InChI is InChI=1S/C9H17NO2/c1-6-4-3-5-8(6)10-9(12)7(2)11/h6-8,11H,3-5H2,1-2H3,(H,10,12). The van der Waals surface area contributed by atoms with E-state index in [1.165, 1.54) is 19.8 Å². The first-order valence-corrected chi connectivity index (χ1v) is 4.59. The number of aliphatic hydroxyl groups is 1.